The number of hydrogen-bond donors (Lipinski definition) is 2. The summed E-state index contributed by atoms with van der Waals surface area (Å²) in [5, 5.41) is 6.99. The number of nitrogens with one attached hydrogen (secondary N) is 2. The zero-order valence-electron chi connectivity index (χ0n) is 16.6. The molecular formula is C20H24N6O2S. The van der Waals surface area contributed by atoms with Crippen LogP contribution in [0, 0.1) is 13.8 Å². The predicted molar refractivity (Wildman–Crippen MR) is 114 cm³/mol. The van der Waals surface area contributed by atoms with Gasteiger partial charge in [-0.15, -0.1) is 11.3 Å². The van der Waals surface area contributed by atoms with Crippen molar-refractivity contribution in [1.29, 1.82) is 0 Å². The summed E-state index contributed by atoms with van der Waals surface area (Å²) in [7, 11) is 0. The molecule has 0 bridgehead atoms. The number of hydrogen-bond acceptors (Lipinski definition) is 8. The van der Waals surface area contributed by atoms with E-state index >= 15 is 0 Å². The van der Waals surface area contributed by atoms with Crippen molar-refractivity contribution in [2.24, 2.45) is 0 Å². The molecule has 0 spiro atoms. The number of carbonyl (C=O) groups is 1. The van der Waals surface area contributed by atoms with Crippen LogP contribution in [0.3, 0.4) is 0 Å². The number of morpholine rings is 1. The summed E-state index contributed by atoms with van der Waals surface area (Å²) in [5.74, 6) is 1.82. The monoisotopic (exact) mass is 412 g/mol. The molecule has 9 heteroatoms. The number of nitrogens with zero attached hydrogens (tertiary/aromatic N) is 4. The highest BCUT2D eigenvalue weighted by molar-refractivity contribution is 7.18. The Morgan fingerprint density at radius 3 is 2.83 bits per heavy atom. The average molecular weight is 413 g/mol. The highest BCUT2D eigenvalue weighted by Gasteiger charge is 2.18. The largest absolute Gasteiger partial charge is 0.379 e. The second-order valence-electron chi connectivity index (χ2n) is 6.96. The summed E-state index contributed by atoms with van der Waals surface area (Å²) in [6, 6.07) is 5.40. The van der Waals surface area contributed by atoms with E-state index in [1.165, 1.54) is 4.88 Å². The van der Waals surface area contributed by atoms with Crippen molar-refractivity contribution in [3.63, 3.8) is 0 Å². The zero-order valence-corrected chi connectivity index (χ0v) is 17.4. The minimum Gasteiger partial charge on any atom is -0.379 e. The predicted octanol–water partition coefficient (Wildman–Crippen LogP) is 2.59. The van der Waals surface area contributed by atoms with E-state index in [9.17, 15) is 4.79 Å². The van der Waals surface area contributed by atoms with Crippen LogP contribution in [-0.2, 0) is 16.1 Å². The van der Waals surface area contributed by atoms with E-state index in [2.05, 4.69) is 34.4 Å². The number of amides is 1. The van der Waals surface area contributed by atoms with Crippen LogP contribution in [-0.4, -0.2) is 58.6 Å². The van der Waals surface area contributed by atoms with Gasteiger partial charge in [0.1, 0.15) is 22.3 Å². The van der Waals surface area contributed by atoms with Crippen LogP contribution < -0.4 is 10.6 Å². The topological polar surface area (TPSA) is 92.3 Å². The Morgan fingerprint density at radius 1 is 1.24 bits per heavy atom. The lowest BCUT2D eigenvalue weighted by atomic mass is 10.2. The first-order valence-corrected chi connectivity index (χ1v) is 10.4. The van der Waals surface area contributed by atoms with Gasteiger partial charge in [0.15, 0.2) is 0 Å². The molecule has 1 saturated heterocycles. The van der Waals surface area contributed by atoms with Crippen molar-refractivity contribution in [2.45, 2.75) is 20.4 Å². The summed E-state index contributed by atoms with van der Waals surface area (Å²) in [6.45, 7) is 8.14. The van der Waals surface area contributed by atoms with Crippen molar-refractivity contribution >= 4 is 39.1 Å². The molecule has 3 aromatic rings. The summed E-state index contributed by atoms with van der Waals surface area (Å²) in [5.41, 5.74) is 1.15. The number of fused-ring (bicyclic) bond motifs is 1. The molecule has 152 valence electrons. The standard InChI is InChI=1S/C20H24N6O2S/c1-13-14(2)29-20-18(13)19(22-11-17(27)23-15-5-3-4-6-21-15)24-16(25-20)12-26-7-9-28-10-8-26/h3-6H,7-12H2,1-2H3,(H,21,23,27)(H,22,24,25). The second-order valence-corrected chi connectivity index (χ2v) is 8.16. The van der Waals surface area contributed by atoms with Gasteiger partial charge in [0, 0.05) is 24.2 Å². The fraction of sp³-hybridized carbons (Fsp3) is 0.400. The van der Waals surface area contributed by atoms with Crippen molar-refractivity contribution in [3.8, 4) is 0 Å². The number of carbonyl (C=O) groups excluding carboxylic acids is 1. The van der Waals surface area contributed by atoms with E-state index < -0.39 is 0 Å². The Hall–Kier alpha value is -2.62. The van der Waals surface area contributed by atoms with E-state index in [0.29, 0.717) is 18.2 Å². The Bertz CT molecular complexity index is 1000. The zero-order chi connectivity index (χ0) is 20.2. The van der Waals surface area contributed by atoms with E-state index in [1.54, 1.807) is 23.6 Å². The molecule has 4 heterocycles. The quantitative estimate of drug-likeness (QED) is 0.643. The lowest BCUT2D eigenvalue weighted by molar-refractivity contribution is -0.114. The molecule has 3 aromatic heterocycles. The average Bonchev–Trinajstić information content (AvgIpc) is 3.01. The molecule has 0 aliphatic carbocycles. The van der Waals surface area contributed by atoms with E-state index in [4.69, 9.17) is 14.7 Å². The maximum atomic E-state index is 12.3. The number of pyridine rings is 1. The molecule has 29 heavy (non-hydrogen) atoms. The van der Waals surface area contributed by atoms with Crippen molar-refractivity contribution in [3.05, 3.63) is 40.7 Å². The van der Waals surface area contributed by atoms with Crippen LogP contribution >= 0.6 is 11.3 Å². The van der Waals surface area contributed by atoms with Crippen LogP contribution in [0.25, 0.3) is 10.2 Å². The molecule has 8 nitrogen and oxygen atoms in total. The third-order valence-electron chi connectivity index (χ3n) is 4.89. The number of thiophene rings is 1. The molecule has 1 amide bonds. The Balaban J connectivity index is 1.53. The highest BCUT2D eigenvalue weighted by atomic mass is 32.1. The minimum atomic E-state index is -0.171. The Morgan fingerprint density at radius 2 is 2.07 bits per heavy atom. The molecule has 1 fully saturated rings. The molecule has 1 aliphatic rings. The number of aryl methyl sites for hydroxylation is 2. The maximum Gasteiger partial charge on any atom is 0.244 e. The first-order chi connectivity index (χ1) is 14.1. The molecule has 2 N–H and O–H groups in total. The maximum absolute atomic E-state index is 12.3. The van der Waals surface area contributed by atoms with Gasteiger partial charge in [-0.05, 0) is 31.5 Å². The molecule has 1 aliphatic heterocycles. The van der Waals surface area contributed by atoms with Crippen LogP contribution in [0.4, 0.5) is 11.6 Å². The van der Waals surface area contributed by atoms with E-state index in [1.807, 2.05) is 12.1 Å². The van der Waals surface area contributed by atoms with Crippen LogP contribution in [0.15, 0.2) is 24.4 Å². The fourth-order valence-electron chi connectivity index (χ4n) is 3.24. The second kappa shape index (κ2) is 8.81. The SMILES string of the molecule is Cc1sc2nc(CN3CCOCC3)nc(NCC(=O)Nc3ccccn3)c2c1C. The van der Waals surface area contributed by atoms with Crippen molar-refractivity contribution < 1.29 is 9.53 Å². The van der Waals surface area contributed by atoms with Gasteiger partial charge in [-0.2, -0.15) is 0 Å². The number of aromatic nitrogens is 3. The van der Waals surface area contributed by atoms with Crippen LogP contribution in [0.1, 0.15) is 16.3 Å². The highest BCUT2D eigenvalue weighted by Crippen LogP contribution is 2.33. The number of rotatable bonds is 6. The smallest absolute Gasteiger partial charge is 0.244 e. The van der Waals surface area contributed by atoms with Gasteiger partial charge < -0.3 is 15.4 Å². The van der Waals surface area contributed by atoms with Gasteiger partial charge in [-0.3, -0.25) is 9.69 Å². The molecule has 0 radical (unpaired) electrons. The summed E-state index contributed by atoms with van der Waals surface area (Å²) in [6.07, 6.45) is 1.65. The lowest BCUT2D eigenvalue weighted by Gasteiger charge is -2.25. The third-order valence-corrected chi connectivity index (χ3v) is 5.99. The van der Waals surface area contributed by atoms with Gasteiger partial charge >= 0.3 is 0 Å². The van der Waals surface area contributed by atoms with Gasteiger partial charge in [0.05, 0.1) is 31.7 Å². The van der Waals surface area contributed by atoms with E-state index in [0.717, 1.165) is 47.9 Å². The molecule has 0 saturated carbocycles. The lowest BCUT2D eigenvalue weighted by Crippen LogP contribution is -2.36. The summed E-state index contributed by atoms with van der Waals surface area (Å²) in [4.78, 5) is 30.4. The molecule has 4 rings (SSSR count). The molecule has 0 aromatic carbocycles. The summed E-state index contributed by atoms with van der Waals surface area (Å²) >= 11 is 1.66. The van der Waals surface area contributed by atoms with Crippen LogP contribution in [0.2, 0.25) is 0 Å². The Kier molecular flexibility index (Phi) is 5.98. The summed E-state index contributed by atoms with van der Waals surface area (Å²) < 4.78 is 5.42. The van der Waals surface area contributed by atoms with Crippen molar-refractivity contribution in [2.75, 3.05) is 43.5 Å². The number of ether oxygens (including phenoxy) is 1. The van der Waals surface area contributed by atoms with Gasteiger partial charge in [0.25, 0.3) is 0 Å². The molecule has 0 atom stereocenters. The van der Waals surface area contributed by atoms with Gasteiger partial charge in [0.2, 0.25) is 5.91 Å². The first-order valence-electron chi connectivity index (χ1n) is 9.61. The molecular weight excluding hydrogens is 388 g/mol. The number of anilines is 2. The van der Waals surface area contributed by atoms with Gasteiger partial charge in [-0.25, -0.2) is 15.0 Å². The third kappa shape index (κ3) is 4.69. The van der Waals surface area contributed by atoms with Crippen LogP contribution in [0.5, 0.6) is 0 Å². The molecule has 0 unspecified atom stereocenters. The Labute approximate surface area is 173 Å². The van der Waals surface area contributed by atoms with E-state index in [-0.39, 0.29) is 12.5 Å². The van der Waals surface area contributed by atoms with Crippen molar-refractivity contribution in [1.82, 2.24) is 19.9 Å². The van der Waals surface area contributed by atoms with Gasteiger partial charge in [-0.1, -0.05) is 6.07 Å². The first kappa shape index (κ1) is 19.7. The normalized spacial score (nSPS) is 14.8. The minimum absolute atomic E-state index is 0.105. The fourth-order valence-corrected chi connectivity index (χ4v) is 4.29.